The molecular weight excluding hydrogens is 196 g/mol. The fraction of sp³-hybridized carbons (Fsp3) is 0.429. The molecule has 9 heavy (non-hydrogen) atoms. The zero-order valence-electron chi connectivity index (χ0n) is 5.57. The molecule has 0 aromatic carbocycles. The van der Waals surface area contributed by atoms with Gasteiger partial charge in [0.1, 0.15) is 0 Å². The van der Waals surface area contributed by atoms with Crippen LogP contribution in [0.1, 0.15) is 18.1 Å². The summed E-state index contributed by atoms with van der Waals surface area (Å²) in [5.74, 6) is 0. The summed E-state index contributed by atoms with van der Waals surface area (Å²) in [6, 6.07) is 0. The largest absolute Gasteiger partial charge is 0.136 e. The number of hydrogen-bond donors (Lipinski definition) is 0. The second-order valence-electron chi connectivity index (χ2n) is 2.01. The average Bonchev–Trinajstić information content (AvgIpc) is 2.15. The van der Waals surface area contributed by atoms with Crippen molar-refractivity contribution >= 4 is 27.3 Å². The molecule has 0 atom stereocenters. The van der Waals surface area contributed by atoms with E-state index in [0.29, 0.717) is 0 Å². The van der Waals surface area contributed by atoms with E-state index in [1.165, 1.54) is 14.9 Å². The Morgan fingerprint density at radius 3 is 2.56 bits per heavy atom. The Balaban J connectivity index is 3.04. The van der Waals surface area contributed by atoms with E-state index in [1.54, 1.807) is 11.3 Å². The molecule has 1 aromatic rings. The average molecular weight is 205 g/mol. The first-order valence-electron chi connectivity index (χ1n) is 2.98. The van der Waals surface area contributed by atoms with Gasteiger partial charge in [-0.3, -0.25) is 0 Å². The van der Waals surface area contributed by atoms with Gasteiger partial charge in [0.25, 0.3) is 0 Å². The molecule has 0 amide bonds. The Kier molecular flexibility index (Phi) is 2.30. The molecule has 1 aromatic heterocycles. The van der Waals surface area contributed by atoms with Crippen molar-refractivity contribution in [3.05, 3.63) is 20.3 Å². The third-order valence-corrected chi connectivity index (χ3v) is 3.53. The zero-order valence-corrected chi connectivity index (χ0v) is 7.97. The number of halogens is 1. The maximum Gasteiger partial charge on any atom is 0.0730 e. The van der Waals surface area contributed by atoms with Crippen molar-refractivity contribution < 1.29 is 0 Å². The highest BCUT2D eigenvalue weighted by atomic mass is 79.9. The first kappa shape index (κ1) is 7.29. The van der Waals surface area contributed by atoms with Crippen molar-refractivity contribution in [3.8, 4) is 0 Å². The van der Waals surface area contributed by atoms with Gasteiger partial charge in [0, 0.05) is 0 Å². The highest BCUT2D eigenvalue weighted by Crippen LogP contribution is 2.27. The highest BCUT2D eigenvalue weighted by molar-refractivity contribution is 9.11. The summed E-state index contributed by atoms with van der Waals surface area (Å²) in [6.45, 7) is 4.33. The standard InChI is InChI=1S/C7H9BrS/c1-3-6-4-9-7(8)5(6)2/h4H,3H2,1-2H3. The van der Waals surface area contributed by atoms with E-state index in [-0.39, 0.29) is 0 Å². The minimum atomic E-state index is 1.15. The van der Waals surface area contributed by atoms with Crippen molar-refractivity contribution in [2.24, 2.45) is 0 Å². The van der Waals surface area contributed by atoms with Gasteiger partial charge in [-0.2, -0.15) is 0 Å². The quantitative estimate of drug-likeness (QED) is 0.659. The molecule has 0 fully saturated rings. The van der Waals surface area contributed by atoms with Gasteiger partial charge in [-0.15, -0.1) is 11.3 Å². The second-order valence-corrected chi connectivity index (χ2v) is 4.21. The third kappa shape index (κ3) is 1.36. The van der Waals surface area contributed by atoms with E-state index in [4.69, 9.17) is 0 Å². The Labute approximate surface area is 68.0 Å². The molecule has 0 unspecified atom stereocenters. The molecule has 50 valence electrons. The summed E-state index contributed by atoms with van der Waals surface area (Å²) in [5, 5.41) is 2.21. The van der Waals surface area contributed by atoms with E-state index in [9.17, 15) is 0 Å². The second kappa shape index (κ2) is 2.84. The van der Waals surface area contributed by atoms with Gasteiger partial charge < -0.3 is 0 Å². The zero-order chi connectivity index (χ0) is 6.85. The van der Waals surface area contributed by atoms with Crippen LogP contribution >= 0.6 is 27.3 Å². The lowest BCUT2D eigenvalue weighted by molar-refractivity contribution is 1.13. The maximum absolute atomic E-state index is 3.48. The normalized spacial score (nSPS) is 10.1. The minimum Gasteiger partial charge on any atom is -0.136 e. The van der Waals surface area contributed by atoms with Crippen molar-refractivity contribution in [3.63, 3.8) is 0 Å². The molecule has 0 bridgehead atoms. The summed E-state index contributed by atoms with van der Waals surface area (Å²) >= 11 is 5.25. The Hall–Kier alpha value is 0.180. The molecule has 1 rings (SSSR count). The topological polar surface area (TPSA) is 0 Å². The number of rotatable bonds is 1. The van der Waals surface area contributed by atoms with Gasteiger partial charge in [-0.25, -0.2) is 0 Å². The monoisotopic (exact) mass is 204 g/mol. The van der Waals surface area contributed by atoms with E-state index in [0.717, 1.165) is 6.42 Å². The van der Waals surface area contributed by atoms with E-state index in [2.05, 4.69) is 35.2 Å². The van der Waals surface area contributed by atoms with Gasteiger partial charge in [0.05, 0.1) is 3.79 Å². The van der Waals surface area contributed by atoms with Crippen LogP contribution in [0.5, 0.6) is 0 Å². The molecule has 0 spiro atoms. The van der Waals surface area contributed by atoms with Gasteiger partial charge in [0.15, 0.2) is 0 Å². The molecule has 0 aliphatic rings. The molecule has 0 aliphatic carbocycles. The van der Waals surface area contributed by atoms with Crippen LogP contribution in [0.2, 0.25) is 0 Å². The lowest BCUT2D eigenvalue weighted by atomic mass is 10.2. The Morgan fingerprint density at radius 2 is 2.33 bits per heavy atom. The molecular formula is C7H9BrS. The predicted octanol–water partition coefficient (Wildman–Crippen LogP) is 3.38. The van der Waals surface area contributed by atoms with E-state index in [1.807, 2.05) is 0 Å². The van der Waals surface area contributed by atoms with Crippen LogP contribution in [-0.4, -0.2) is 0 Å². The lowest BCUT2D eigenvalue weighted by Gasteiger charge is -1.90. The van der Waals surface area contributed by atoms with Gasteiger partial charge in [-0.05, 0) is 45.8 Å². The van der Waals surface area contributed by atoms with Crippen LogP contribution in [-0.2, 0) is 6.42 Å². The van der Waals surface area contributed by atoms with Crippen LogP contribution in [0.4, 0.5) is 0 Å². The van der Waals surface area contributed by atoms with Crippen LogP contribution in [0.3, 0.4) is 0 Å². The van der Waals surface area contributed by atoms with Crippen molar-refractivity contribution in [1.82, 2.24) is 0 Å². The number of thiophene rings is 1. The van der Waals surface area contributed by atoms with Crippen molar-refractivity contribution in [2.75, 3.05) is 0 Å². The molecule has 0 nitrogen and oxygen atoms in total. The molecule has 0 aliphatic heterocycles. The molecule has 0 radical (unpaired) electrons. The molecule has 0 saturated heterocycles. The minimum absolute atomic E-state index is 1.15. The van der Waals surface area contributed by atoms with E-state index < -0.39 is 0 Å². The molecule has 0 N–H and O–H groups in total. The lowest BCUT2D eigenvalue weighted by Crippen LogP contribution is -1.76. The summed E-state index contributed by atoms with van der Waals surface area (Å²) in [5.41, 5.74) is 2.87. The molecule has 2 heteroatoms. The fourth-order valence-corrected chi connectivity index (χ4v) is 2.21. The first-order chi connectivity index (χ1) is 4.25. The SMILES string of the molecule is CCc1csc(Br)c1C. The van der Waals surface area contributed by atoms with Crippen molar-refractivity contribution in [2.45, 2.75) is 20.3 Å². The summed E-state index contributed by atoms with van der Waals surface area (Å²) in [6.07, 6.45) is 1.15. The van der Waals surface area contributed by atoms with Crippen LogP contribution < -0.4 is 0 Å². The van der Waals surface area contributed by atoms with Gasteiger partial charge >= 0.3 is 0 Å². The predicted molar refractivity (Wildman–Crippen MR) is 46.1 cm³/mol. The van der Waals surface area contributed by atoms with Gasteiger partial charge in [-0.1, -0.05) is 6.92 Å². The third-order valence-electron chi connectivity index (χ3n) is 1.46. The van der Waals surface area contributed by atoms with E-state index >= 15 is 0 Å². The smallest absolute Gasteiger partial charge is 0.0730 e. The Bertz CT molecular complexity index is 203. The van der Waals surface area contributed by atoms with Crippen molar-refractivity contribution in [1.29, 1.82) is 0 Å². The van der Waals surface area contributed by atoms with Crippen LogP contribution in [0.15, 0.2) is 9.17 Å². The van der Waals surface area contributed by atoms with Gasteiger partial charge in [0.2, 0.25) is 0 Å². The number of aryl methyl sites for hydroxylation is 1. The maximum atomic E-state index is 3.48. The highest BCUT2D eigenvalue weighted by Gasteiger charge is 2.00. The number of hydrogen-bond acceptors (Lipinski definition) is 1. The Morgan fingerprint density at radius 1 is 1.67 bits per heavy atom. The molecule has 0 saturated carbocycles. The fourth-order valence-electron chi connectivity index (χ4n) is 0.774. The van der Waals surface area contributed by atoms with Crippen LogP contribution in [0, 0.1) is 6.92 Å². The summed E-state index contributed by atoms with van der Waals surface area (Å²) in [4.78, 5) is 0. The van der Waals surface area contributed by atoms with Crippen LogP contribution in [0.25, 0.3) is 0 Å². The summed E-state index contributed by atoms with van der Waals surface area (Å²) < 4.78 is 1.28. The first-order valence-corrected chi connectivity index (χ1v) is 4.65. The summed E-state index contributed by atoms with van der Waals surface area (Å²) in [7, 11) is 0. The molecule has 1 heterocycles.